The minimum atomic E-state index is 0.801. The van der Waals surface area contributed by atoms with Gasteiger partial charge in [-0.15, -0.1) is 0 Å². The largest absolute Gasteiger partial charge is 0.497 e. The standard InChI is InChI=1S/C16H25NO/c1-4-13(5-2)8-6-7-9-14-12-15(18-3)10-11-16(14)17/h7,9-13H,4-6,8,17H2,1-3H3/b9-7-. The summed E-state index contributed by atoms with van der Waals surface area (Å²) in [6.07, 6.45) is 9.22. The number of allylic oxidation sites excluding steroid dienone is 1. The van der Waals surface area contributed by atoms with Crippen molar-refractivity contribution in [3.63, 3.8) is 0 Å². The highest BCUT2D eigenvalue weighted by Crippen LogP contribution is 2.21. The predicted octanol–water partition coefficient (Wildman–Crippen LogP) is 4.51. The molecule has 0 radical (unpaired) electrons. The lowest BCUT2D eigenvalue weighted by Gasteiger charge is -2.09. The summed E-state index contributed by atoms with van der Waals surface area (Å²) in [5.41, 5.74) is 7.77. The van der Waals surface area contributed by atoms with Gasteiger partial charge in [-0.2, -0.15) is 0 Å². The molecule has 0 aliphatic rings. The van der Waals surface area contributed by atoms with Crippen molar-refractivity contribution in [2.75, 3.05) is 12.8 Å². The van der Waals surface area contributed by atoms with Crippen molar-refractivity contribution in [3.05, 3.63) is 29.8 Å². The third-order valence-electron chi connectivity index (χ3n) is 3.49. The summed E-state index contributed by atoms with van der Waals surface area (Å²) in [6, 6.07) is 5.75. The smallest absolute Gasteiger partial charge is 0.119 e. The van der Waals surface area contributed by atoms with Crippen LogP contribution in [0.2, 0.25) is 0 Å². The Kier molecular flexibility index (Phi) is 6.34. The average molecular weight is 247 g/mol. The van der Waals surface area contributed by atoms with Gasteiger partial charge in [0.1, 0.15) is 5.75 Å². The van der Waals surface area contributed by atoms with E-state index in [1.54, 1.807) is 7.11 Å². The van der Waals surface area contributed by atoms with Gasteiger partial charge < -0.3 is 10.5 Å². The molecule has 0 fully saturated rings. The minimum Gasteiger partial charge on any atom is -0.497 e. The highest BCUT2D eigenvalue weighted by Gasteiger charge is 2.01. The normalized spacial score (nSPS) is 11.3. The second kappa shape index (κ2) is 7.80. The first-order valence-corrected chi connectivity index (χ1v) is 6.81. The Labute approximate surface area is 111 Å². The van der Waals surface area contributed by atoms with E-state index in [1.807, 2.05) is 18.2 Å². The van der Waals surface area contributed by atoms with E-state index in [2.05, 4.69) is 26.0 Å². The molecule has 1 aromatic rings. The zero-order chi connectivity index (χ0) is 13.4. The van der Waals surface area contributed by atoms with Crippen LogP contribution in [0.1, 0.15) is 45.1 Å². The molecule has 2 nitrogen and oxygen atoms in total. The quantitative estimate of drug-likeness (QED) is 0.720. The molecule has 18 heavy (non-hydrogen) atoms. The van der Waals surface area contributed by atoms with Gasteiger partial charge in [-0.25, -0.2) is 0 Å². The number of methoxy groups -OCH3 is 1. The Bertz CT molecular complexity index is 381. The maximum atomic E-state index is 5.93. The van der Waals surface area contributed by atoms with Crippen LogP contribution >= 0.6 is 0 Å². The van der Waals surface area contributed by atoms with E-state index in [9.17, 15) is 0 Å². The van der Waals surface area contributed by atoms with Crippen molar-refractivity contribution in [3.8, 4) is 5.75 Å². The van der Waals surface area contributed by atoms with E-state index in [-0.39, 0.29) is 0 Å². The molecule has 0 saturated carbocycles. The van der Waals surface area contributed by atoms with E-state index in [0.717, 1.165) is 29.3 Å². The highest BCUT2D eigenvalue weighted by molar-refractivity contribution is 5.66. The number of hydrogen-bond acceptors (Lipinski definition) is 2. The molecule has 2 N–H and O–H groups in total. The van der Waals surface area contributed by atoms with E-state index in [1.165, 1.54) is 19.3 Å². The van der Waals surface area contributed by atoms with Crippen LogP contribution in [-0.2, 0) is 0 Å². The topological polar surface area (TPSA) is 35.2 Å². The van der Waals surface area contributed by atoms with Crippen molar-refractivity contribution in [1.29, 1.82) is 0 Å². The molecule has 0 bridgehead atoms. The fourth-order valence-electron chi connectivity index (χ4n) is 2.06. The Balaban J connectivity index is 2.56. The van der Waals surface area contributed by atoms with Crippen molar-refractivity contribution in [1.82, 2.24) is 0 Å². The molecule has 0 aromatic heterocycles. The molecule has 1 rings (SSSR count). The van der Waals surface area contributed by atoms with Crippen molar-refractivity contribution in [2.24, 2.45) is 5.92 Å². The summed E-state index contributed by atoms with van der Waals surface area (Å²) in [5.74, 6) is 1.70. The van der Waals surface area contributed by atoms with Crippen LogP contribution in [0.4, 0.5) is 5.69 Å². The van der Waals surface area contributed by atoms with Crippen molar-refractivity contribution in [2.45, 2.75) is 39.5 Å². The molecule has 1 aromatic carbocycles. The van der Waals surface area contributed by atoms with E-state index in [4.69, 9.17) is 10.5 Å². The molecule has 0 spiro atoms. The number of benzene rings is 1. The Morgan fingerprint density at radius 3 is 2.61 bits per heavy atom. The SMILES string of the molecule is CCC(CC)CC/C=C\c1cc(OC)ccc1N. The zero-order valence-electron chi connectivity index (χ0n) is 11.8. The Hall–Kier alpha value is -1.44. The summed E-state index contributed by atoms with van der Waals surface area (Å²) < 4.78 is 5.20. The summed E-state index contributed by atoms with van der Waals surface area (Å²) in [5, 5.41) is 0. The van der Waals surface area contributed by atoms with Gasteiger partial charge in [0.25, 0.3) is 0 Å². The first-order valence-electron chi connectivity index (χ1n) is 6.81. The lowest BCUT2D eigenvalue weighted by molar-refractivity contribution is 0.415. The minimum absolute atomic E-state index is 0.801. The number of nitrogen functional groups attached to an aromatic ring is 1. The second-order valence-electron chi connectivity index (χ2n) is 4.66. The average Bonchev–Trinajstić information content (AvgIpc) is 2.41. The van der Waals surface area contributed by atoms with Gasteiger partial charge in [-0.3, -0.25) is 0 Å². The molecule has 0 amide bonds. The lowest BCUT2D eigenvalue weighted by Crippen LogP contribution is -1.95. The molecular formula is C16H25NO. The Morgan fingerprint density at radius 2 is 2.00 bits per heavy atom. The van der Waals surface area contributed by atoms with Crippen molar-refractivity contribution >= 4 is 11.8 Å². The number of anilines is 1. The van der Waals surface area contributed by atoms with Gasteiger partial charge >= 0.3 is 0 Å². The fraction of sp³-hybridized carbons (Fsp3) is 0.500. The second-order valence-corrected chi connectivity index (χ2v) is 4.66. The molecule has 0 heterocycles. The van der Waals surface area contributed by atoms with Gasteiger partial charge in [-0.1, -0.05) is 38.8 Å². The van der Waals surface area contributed by atoms with Crippen LogP contribution < -0.4 is 10.5 Å². The van der Waals surface area contributed by atoms with Gasteiger partial charge in [0.2, 0.25) is 0 Å². The third kappa shape index (κ3) is 4.44. The van der Waals surface area contributed by atoms with Crippen LogP contribution in [0.25, 0.3) is 6.08 Å². The summed E-state index contributed by atoms with van der Waals surface area (Å²) in [6.45, 7) is 4.52. The van der Waals surface area contributed by atoms with E-state index < -0.39 is 0 Å². The number of hydrogen-bond donors (Lipinski definition) is 1. The maximum Gasteiger partial charge on any atom is 0.119 e. The summed E-state index contributed by atoms with van der Waals surface area (Å²) in [7, 11) is 1.67. The highest BCUT2D eigenvalue weighted by atomic mass is 16.5. The molecule has 100 valence electrons. The van der Waals surface area contributed by atoms with Gasteiger partial charge in [0.05, 0.1) is 7.11 Å². The van der Waals surface area contributed by atoms with E-state index in [0.29, 0.717) is 0 Å². The Morgan fingerprint density at radius 1 is 1.28 bits per heavy atom. The first kappa shape index (κ1) is 14.6. The molecule has 0 aliphatic carbocycles. The van der Waals surface area contributed by atoms with Crippen LogP contribution in [0.3, 0.4) is 0 Å². The van der Waals surface area contributed by atoms with Crippen LogP contribution in [0, 0.1) is 5.92 Å². The summed E-state index contributed by atoms with van der Waals surface area (Å²) in [4.78, 5) is 0. The lowest BCUT2D eigenvalue weighted by atomic mass is 9.97. The molecular weight excluding hydrogens is 222 g/mol. The monoisotopic (exact) mass is 247 g/mol. The molecule has 0 aliphatic heterocycles. The summed E-state index contributed by atoms with van der Waals surface area (Å²) >= 11 is 0. The van der Waals surface area contributed by atoms with Crippen molar-refractivity contribution < 1.29 is 4.74 Å². The fourth-order valence-corrected chi connectivity index (χ4v) is 2.06. The van der Waals surface area contributed by atoms with Crippen LogP contribution in [0.5, 0.6) is 5.75 Å². The molecule has 0 saturated heterocycles. The number of ether oxygens (including phenoxy) is 1. The van der Waals surface area contributed by atoms with E-state index >= 15 is 0 Å². The van der Waals surface area contributed by atoms with Gasteiger partial charge in [0.15, 0.2) is 0 Å². The number of rotatable bonds is 7. The molecule has 0 unspecified atom stereocenters. The zero-order valence-corrected chi connectivity index (χ0v) is 11.8. The van der Waals surface area contributed by atoms with Gasteiger partial charge in [0, 0.05) is 11.3 Å². The van der Waals surface area contributed by atoms with Crippen LogP contribution in [0.15, 0.2) is 24.3 Å². The maximum absolute atomic E-state index is 5.93. The number of nitrogens with two attached hydrogens (primary N) is 1. The predicted molar refractivity (Wildman–Crippen MR) is 79.7 cm³/mol. The van der Waals surface area contributed by atoms with Gasteiger partial charge in [-0.05, 0) is 37.0 Å². The molecule has 0 atom stereocenters. The third-order valence-corrected chi connectivity index (χ3v) is 3.49. The first-order chi connectivity index (χ1) is 8.71. The van der Waals surface area contributed by atoms with Crippen LogP contribution in [-0.4, -0.2) is 7.11 Å². The molecule has 2 heteroatoms.